The molecule has 7 rings (SSSR count). The van der Waals surface area contributed by atoms with E-state index in [1.807, 2.05) is 32.0 Å². The number of hydrogen-bond acceptors (Lipinski definition) is 6. The molecule has 47 heavy (non-hydrogen) atoms. The first-order valence-electron chi connectivity index (χ1n) is 15.9. The number of nitrogens with one attached hydrogen (secondary N) is 3. The molecule has 2 bridgehead atoms. The third kappa shape index (κ3) is 6.13. The second-order valence-corrected chi connectivity index (χ2v) is 14.4. The number of amides is 3. The van der Waals surface area contributed by atoms with Crippen molar-refractivity contribution in [2.45, 2.75) is 90.4 Å². The Hall–Kier alpha value is -4.25. The molecule has 0 radical (unpaired) electrons. The first-order chi connectivity index (χ1) is 22.2. The predicted octanol–water partition coefficient (Wildman–Crippen LogP) is 5.52. The van der Waals surface area contributed by atoms with E-state index < -0.39 is 34.8 Å². The maximum Gasteiger partial charge on any atom is 0.307 e. The number of aromatic nitrogens is 2. The molecule has 1 aromatic heterocycles. The van der Waals surface area contributed by atoms with Crippen molar-refractivity contribution in [2.75, 3.05) is 0 Å². The van der Waals surface area contributed by atoms with Gasteiger partial charge in [-0.2, -0.15) is 5.10 Å². The van der Waals surface area contributed by atoms with Crippen LogP contribution >= 0.6 is 11.6 Å². The van der Waals surface area contributed by atoms with Crippen LogP contribution in [0.4, 0.5) is 4.39 Å². The number of aromatic amines is 1. The average molecular weight is 664 g/mol. The minimum absolute atomic E-state index is 0.0190. The van der Waals surface area contributed by atoms with E-state index in [0.29, 0.717) is 29.5 Å². The molecule has 248 valence electrons. The lowest BCUT2D eigenvalue weighted by Crippen LogP contribution is -2.70. The third-order valence-corrected chi connectivity index (χ3v) is 10.3. The van der Waals surface area contributed by atoms with Gasteiger partial charge in [0.15, 0.2) is 17.3 Å². The van der Waals surface area contributed by atoms with Crippen LogP contribution in [0.25, 0.3) is 0 Å². The lowest BCUT2D eigenvalue weighted by Gasteiger charge is -2.62. The topological polar surface area (TPSA) is 133 Å². The Bertz CT molecular complexity index is 1790. The second-order valence-electron chi connectivity index (χ2n) is 13.9. The van der Waals surface area contributed by atoms with Gasteiger partial charge in [0.25, 0.3) is 5.91 Å². The van der Waals surface area contributed by atoms with Crippen LogP contribution in [0.15, 0.2) is 47.3 Å². The van der Waals surface area contributed by atoms with Crippen molar-refractivity contribution in [1.82, 2.24) is 25.7 Å². The number of carbonyl (C=O) groups excluding carboxylic acids is 3. The van der Waals surface area contributed by atoms with Gasteiger partial charge in [-0.15, -0.1) is 0 Å². The maximum absolute atomic E-state index is 15.3. The number of ether oxygens (including phenoxy) is 1. The summed E-state index contributed by atoms with van der Waals surface area (Å²) in [6.07, 6.45) is 4.22. The molecule has 3 N–H and O–H groups in total. The molecular weight excluding hydrogens is 625 g/mol. The molecule has 2 aromatic carbocycles. The lowest BCUT2D eigenvalue weighted by molar-refractivity contribution is -0.148. The Balaban J connectivity index is 1.22. The molecule has 3 atom stereocenters. The molecule has 1 saturated heterocycles. The van der Waals surface area contributed by atoms with Gasteiger partial charge in [0.2, 0.25) is 11.8 Å². The highest BCUT2D eigenvalue weighted by Crippen LogP contribution is 2.57. The molecule has 4 fully saturated rings. The predicted molar refractivity (Wildman–Crippen MR) is 174 cm³/mol. The molecule has 4 aliphatic rings. The summed E-state index contributed by atoms with van der Waals surface area (Å²) in [4.78, 5) is 55.2. The summed E-state index contributed by atoms with van der Waals surface area (Å²) in [7, 11) is 0. The van der Waals surface area contributed by atoms with Crippen molar-refractivity contribution in [1.29, 1.82) is 0 Å². The summed E-state index contributed by atoms with van der Waals surface area (Å²) in [5.41, 5.74) is -0.0637. The van der Waals surface area contributed by atoms with Crippen molar-refractivity contribution < 1.29 is 23.5 Å². The number of halogens is 2. The summed E-state index contributed by atoms with van der Waals surface area (Å²) < 4.78 is 20.8. The van der Waals surface area contributed by atoms with Gasteiger partial charge in [0.05, 0.1) is 17.2 Å². The molecule has 0 unspecified atom stereocenters. The normalized spacial score (nSPS) is 23.7. The van der Waals surface area contributed by atoms with Gasteiger partial charge in [-0.05, 0) is 108 Å². The van der Waals surface area contributed by atoms with Crippen molar-refractivity contribution >= 4 is 29.3 Å². The smallest absolute Gasteiger partial charge is 0.307 e. The largest absolute Gasteiger partial charge is 0.448 e. The van der Waals surface area contributed by atoms with E-state index in [1.54, 1.807) is 31.7 Å². The summed E-state index contributed by atoms with van der Waals surface area (Å²) >= 11 is 6.34. The SMILES string of the molecule is Cc1cc(Oc2c(C)cc(C(=O)N[C@H](C)C(=O)N3[C@H](c4cccc(Cl)c4)CC[C@@H]3C(C)(C)C(=O)NC34CC(C3)C4)cc2F)c(=O)[nH]n1. The number of carbonyl (C=O) groups is 3. The van der Waals surface area contributed by atoms with Crippen molar-refractivity contribution in [3.05, 3.63) is 86.0 Å². The fourth-order valence-electron chi connectivity index (χ4n) is 7.28. The van der Waals surface area contributed by atoms with Gasteiger partial charge in [-0.1, -0.05) is 23.7 Å². The second kappa shape index (κ2) is 12.1. The highest BCUT2D eigenvalue weighted by molar-refractivity contribution is 6.30. The Morgan fingerprint density at radius 1 is 1.13 bits per heavy atom. The number of likely N-dealkylation sites (tertiary alicyclic amines) is 1. The zero-order chi connectivity index (χ0) is 33.8. The first kappa shape index (κ1) is 32.7. The highest BCUT2D eigenvalue weighted by atomic mass is 35.5. The van der Waals surface area contributed by atoms with E-state index in [4.69, 9.17) is 16.3 Å². The lowest BCUT2D eigenvalue weighted by atomic mass is 9.49. The quantitative estimate of drug-likeness (QED) is 0.276. The first-order valence-corrected chi connectivity index (χ1v) is 16.3. The minimum atomic E-state index is -1.00. The molecule has 3 aromatic rings. The van der Waals surface area contributed by atoms with Crippen LogP contribution in [-0.2, 0) is 9.59 Å². The maximum atomic E-state index is 15.3. The fourth-order valence-corrected chi connectivity index (χ4v) is 7.48. The zero-order valence-corrected chi connectivity index (χ0v) is 27.8. The summed E-state index contributed by atoms with van der Waals surface area (Å²) in [5.74, 6) is -1.58. The van der Waals surface area contributed by atoms with Crippen LogP contribution in [0, 0.1) is 31.0 Å². The number of nitrogens with zero attached hydrogens (tertiary/aromatic N) is 2. The Kier molecular flexibility index (Phi) is 8.40. The van der Waals surface area contributed by atoms with E-state index in [-0.39, 0.29) is 46.0 Å². The van der Waals surface area contributed by atoms with Crippen molar-refractivity contribution in [2.24, 2.45) is 11.3 Å². The Labute approximate surface area is 277 Å². The zero-order valence-electron chi connectivity index (χ0n) is 27.1. The fraction of sp³-hybridized carbons (Fsp3) is 0.457. The van der Waals surface area contributed by atoms with Crippen LogP contribution in [0.3, 0.4) is 0 Å². The summed E-state index contributed by atoms with van der Waals surface area (Å²) in [6.45, 7) is 8.53. The molecule has 1 aliphatic heterocycles. The molecule has 12 heteroatoms. The minimum Gasteiger partial charge on any atom is -0.448 e. The molecule has 3 amide bonds. The van der Waals surface area contributed by atoms with E-state index in [2.05, 4.69) is 20.8 Å². The number of rotatable bonds is 9. The van der Waals surface area contributed by atoms with Gasteiger partial charge in [0.1, 0.15) is 6.04 Å². The third-order valence-electron chi connectivity index (χ3n) is 10.0. The van der Waals surface area contributed by atoms with Gasteiger partial charge >= 0.3 is 5.56 Å². The van der Waals surface area contributed by atoms with E-state index in [1.165, 1.54) is 12.1 Å². The van der Waals surface area contributed by atoms with Gasteiger partial charge in [-0.25, -0.2) is 9.49 Å². The molecule has 0 spiro atoms. The van der Waals surface area contributed by atoms with Gasteiger partial charge in [-0.3, -0.25) is 19.2 Å². The molecule has 2 heterocycles. The van der Waals surface area contributed by atoms with E-state index >= 15 is 4.39 Å². The molecule has 3 saturated carbocycles. The summed E-state index contributed by atoms with van der Waals surface area (Å²) in [5, 5.41) is 12.6. The molecule has 3 aliphatic carbocycles. The highest BCUT2D eigenvalue weighted by Gasteiger charge is 2.59. The van der Waals surface area contributed by atoms with E-state index in [0.717, 1.165) is 30.9 Å². The van der Waals surface area contributed by atoms with Crippen LogP contribution in [-0.4, -0.2) is 50.4 Å². The molecular formula is C35H39ClFN5O5. The van der Waals surface area contributed by atoms with Crippen LogP contribution in [0.1, 0.15) is 86.1 Å². The van der Waals surface area contributed by atoms with Gasteiger partial charge in [0, 0.05) is 28.2 Å². The number of hydrogen-bond donors (Lipinski definition) is 3. The van der Waals surface area contributed by atoms with Crippen LogP contribution < -0.4 is 20.9 Å². The standard InChI is InChI=1S/C35H39ClFN5O5/c1-18-11-23(14-25(37)29(18)47-27-12-19(2)40-41-31(27)44)30(43)38-20(3)32(45)42-26(22-7-6-8-24(36)13-22)9-10-28(42)34(4,5)33(46)39-35-15-21(16-35)17-35/h6-8,11-14,20-21,26,28H,9-10,15-17H2,1-5H3,(H,38,43)(H,39,46)(H,41,44)/t20-,21?,26+,28-,35?/m1/s1. The monoisotopic (exact) mass is 663 g/mol. The van der Waals surface area contributed by atoms with Crippen molar-refractivity contribution in [3.8, 4) is 11.5 Å². The Morgan fingerprint density at radius 3 is 2.49 bits per heavy atom. The molecule has 10 nitrogen and oxygen atoms in total. The number of H-pyrrole nitrogens is 1. The average Bonchev–Trinajstić information content (AvgIpc) is 3.43. The summed E-state index contributed by atoms with van der Waals surface area (Å²) in [6, 6.07) is 9.34. The number of benzene rings is 2. The van der Waals surface area contributed by atoms with Crippen LogP contribution in [0.5, 0.6) is 11.5 Å². The number of aryl methyl sites for hydroxylation is 2. The van der Waals surface area contributed by atoms with E-state index in [9.17, 15) is 19.2 Å². The van der Waals surface area contributed by atoms with Crippen molar-refractivity contribution in [3.63, 3.8) is 0 Å². The van der Waals surface area contributed by atoms with Crippen LogP contribution in [0.2, 0.25) is 5.02 Å². The van der Waals surface area contributed by atoms with Gasteiger partial charge < -0.3 is 20.3 Å². The Morgan fingerprint density at radius 2 is 1.85 bits per heavy atom.